The number of carbonyl (C=O) groups excluding carboxylic acids is 2. The molecular formula is C16H29N3O4. The molecule has 0 aromatic rings. The second kappa shape index (κ2) is 8.08. The van der Waals surface area contributed by atoms with Crippen molar-refractivity contribution < 1.29 is 19.1 Å². The van der Waals surface area contributed by atoms with Crippen molar-refractivity contribution in [2.45, 2.75) is 25.9 Å². The van der Waals surface area contributed by atoms with Gasteiger partial charge in [0, 0.05) is 33.1 Å². The van der Waals surface area contributed by atoms with Crippen LogP contribution in [0, 0.1) is 5.92 Å². The maximum atomic E-state index is 12.4. The topological polar surface area (TPSA) is 71.1 Å². The van der Waals surface area contributed by atoms with Crippen LogP contribution in [-0.4, -0.2) is 86.8 Å². The summed E-state index contributed by atoms with van der Waals surface area (Å²) in [7, 11) is 1.63. The normalized spacial score (nSPS) is 26.3. The van der Waals surface area contributed by atoms with Gasteiger partial charge >= 0.3 is 0 Å². The number of ether oxygens (including phenoxy) is 2. The molecule has 1 atom stereocenters. The van der Waals surface area contributed by atoms with Gasteiger partial charge in [-0.25, -0.2) is 0 Å². The molecule has 0 saturated carbocycles. The Kier molecular flexibility index (Phi) is 6.38. The van der Waals surface area contributed by atoms with Gasteiger partial charge in [0.2, 0.25) is 11.8 Å². The zero-order valence-electron chi connectivity index (χ0n) is 14.5. The zero-order valence-corrected chi connectivity index (χ0v) is 14.5. The first-order valence-corrected chi connectivity index (χ1v) is 8.36. The van der Waals surface area contributed by atoms with E-state index < -0.39 is 5.60 Å². The number of hydrogen-bond donors (Lipinski definition) is 1. The van der Waals surface area contributed by atoms with Gasteiger partial charge in [-0.2, -0.15) is 0 Å². The van der Waals surface area contributed by atoms with Crippen molar-refractivity contribution in [3.63, 3.8) is 0 Å². The fourth-order valence-corrected chi connectivity index (χ4v) is 3.12. The first kappa shape index (κ1) is 18.2. The van der Waals surface area contributed by atoms with E-state index in [9.17, 15) is 9.59 Å². The quantitative estimate of drug-likeness (QED) is 0.768. The molecule has 2 rings (SSSR count). The molecule has 2 fully saturated rings. The minimum Gasteiger partial charge on any atom is -0.377 e. The summed E-state index contributed by atoms with van der Waals surface area (Å²) in [5.41, 5.74) is -0.532. The highest BCUT2D eigenvalue weighted by Gasteiger charge is 2.41. The number of morpholine rings is 1. The average molecular weight is 327 g/mol. The molecule has 1 unspecified atom stereocenters. The third kappa shape index (κ3) is 5.16. The van der Waals surface area contributed by atoms with Gasteiger partial charge < -0.3 is 19.7 Å². The van der Waals surface area contributed by atoms with E-state index in [1.807, 2.05) is 23.6 Å². The number of carbonyl (C=O) groups is 2. The van der Waals surface area contributed by atoms with Crippen molar-refractivity contribution in [1.29, 1.82) is 0 Å². The molecule has 2 amide bonds. The standard InChI is InChI=1S/C16H29N3O4/c1-13(2)8-15(21)19-5-7-23-16(11-19)10-18(4-6-22-12-16)9-14(20)17-3/h13H,4-12H2,1-3H3,(H,17,20). The van der Waals surface area contributed by atoms with E-state index in [-0.39, 0.29) is 11.8 Å². The van der Waals surface area contributed by atoms with Gasteiger partial charge in [-0.15, -0.1) is 0 Å². The molecule has 132 valence electrons. The number of hydrogen-bond acceptors (Lipinski definition) is 5. The lowest BCUT2D eigenvalue weighted by Gasteiger charge is -2.43. The highest BCUT2D eigenvalue weighted by Crippen LogP contribution is 2.23. The third-order valence-corrected chi connectivity index (χ3v) is 4.26. The molecule has 0 aliphatic carbocycles. The Morgan fingerprint density at radius 1 is 1.22 bits per heavy atom. The molecule has 0 bridgehead atoms. The summed E-state index contributed by atoms with van der Waals surface area (Å²) in [5, 5.41) is 2.65. The van der Waals surface area contributed by atoms with E-state index in [1.165, 1.54) is 0 Å². The van der Waals surface area contributed by atoms with E-state index >= 15 is 0 Å². The molecule has 0 aromatic carbocycles. The molecule has 0 radical (unpaired) electrons. The Balaban J connectivity index is 2.02. The Morgan fingerprint density at radius 2 is 2.00 bits per heavy atom. The summed E-state index contributed by atoms with van der Waals surface area (Å²) in [6.45, 7) is 8.43. The number of likely N-dealkylation sites (N-methyl/N-ethyl adjacent to an activating group) is 1. The molecular weight excluding hydrogens is 298 g/mol. The first-order chi connectivity index (χ1) is 10.9. The van der Waals surface area contributed by atoms with Crippen molar-refractivity contribution in [3.8, 4) is 0 Å². The van der Waals surface area contributed by atoms with Crippen LogP contribution >= 0.6 is 0 Å². The van der Waals surface area contributed by atoms with Gasteiger partial charge in [-0.3, -0.25) is 14.5 Å². The molecule has 2 heterocycles. The van der Waals surface area contributed by atoms with Crippen molar-refractivity contribution in [2.24, 2.45) is 5.92 Å². The maximum absolute atomic E-state index is 12.4. The first-order valence-electron chi connectivity index (χ1n) is 8.36. The fraction of sp³-hybridized carbons (Fsp3) is 0.875. The van der Waals surface area contributed by atoms with Crippen LogP contribution in [-0.2, 0) is 19.1 Å². The largest absolute Gasteiger partial charge is 0.377 e. The molecule has 23 heavy (non-hydrogen) atoms. The number of amides is 2. The van der Waals surface area contributed by atoms with Crippen molar-refractivity contribution in [2.75, 3.05) is 59.6 Å². The average Bonchev–Trinajstić information content (AvgIpc) is 2.68. The van der Waals surface area contributed by atoms with Gasteiger partial charge in [-0.1, -0.05) is 13.8 Å². The zero-order chi connectivity index (χ0) is 16.9. The SMILES string of the molecule is CNC(=O)CN1CCOCC2(C1)CN(C(=O)CC(C)C)CCO2. The summed E-state index contributed by atoms with van der Waals surface area (Å²) in [6, 6.07) is 0. The van der Waals surface area contributed by atoms with Crippen LogP contribution in [0.2, 0.25) is 0 Å². The van der Waals surface area contributed by atoms with Gasteiger partial charge in [0.25, 0.3) is 0 Å². The van der Waals surface area contributed by atoms with Crippen LogP contribution in [0.5, 0.6) is 0 Å². The number of nitrogens with zero attached hydrogens (tertiary/aromatic N) is 2. The smallest absolute Gasteiger partial charge is 0.233 e. The van der Waals surface area contributed by atoms with Gasteiger partial charge in [-0.05, 0) is 5.92 Å². The highest BCUT2D eigenvalue weighted by molar-refractivity contribution is 5.77. The summed E-state index contributed by atoms with van der Waals surface area (Å²) >= 11 is 0. The summed E-state index contributed by atoms with van der Waals surface area (Å²) in [4.78, 5) is 28.0. The molecule has 2 aliphatic rings. The van der Waals surface area contributed by atoms with E-state index in [0.29, 0.717) is 64.9 Å². The highest BCUT2D eigenvalue weighted by atomic mass is 16.5. The molecule has 7 nitrogen and oxygen atoms in total. The number of rotatable bonds is 4. The Bertz CT molecular complexity index is 430. The fourth-order valence-electron chi connectivity index (χ4n) is 3.12. The molecule has 1 spiro atoms. The summed E-state index contributed by atoms with van der Waals surface area (Å²) in [6.07, 6.45) is 0.554. The summed E-state index contributed by atoms with van der Waals surface area (Å²) < 4.78 is 11.7. The van der Waals surface area contributed by atoms with Gasteiger partial charge in [0.05, 0.1) is 32.9 Å². The Labute approximate surface area is 138 Å². The number of nitrogens with one attached hydrogen (secondary N) is 1. The van der Waals surface area contributed by atoms with Crippen LogP contribution < -0.4 is 5.32 Å². The molecule has 0 aromatic heterocycles. The lowest BCUT2D eigenvalue weighted by Crippen LogP contribution is -2.60. The Hall–Kier alpha value is -1.18. The minimum absolute atomic E-state index is 0.0226. The van der Waals surface area contributed by atoms with Crippen LogP contribution in [0.3, 0.4) is 0 Å². The second-order valence-corrected chi connectivity index (χ2v) is 6.88. The van der Waals surface area contributed by atoms with Crippen molar-refractivity contribution in [1.82, 2.24) is 15.1 Å². The van der Waals surface area contributed by atoms with E-state index in [0.717, 1.165) is 0 Å². The van der Waals surface area contributed by atoms with Gasteiger partial charge in [0.15, 0.2) is 0 Å². The van der Waals surface area contributed by atoms with Crippen molar-refractivity contribution in [3.05, 3.63) is 0 Å². The monoisotopic (exact) mass is 327 g/mol. The van der Waals surface area contributed by atoms with Crippen LogP contribution in [0.1, 0.15) is 20.3 Å². The third-order valence-electron chi connectivity index (χ3n) is 4.26. The van der Waals surface area contributed by atoms with Crippen molar-refractivity contribution >= 4 is 11.8 Å². The summed E-state index contributed by atoms with van der Waals surface area (Å²) in [5.74, 6) is 0.492. The predicted octanol–water partition coefficient (Wildman–Crippen LogP) is -0.292. The van der Waals surface area contributed by atoms with Gasteiger partial charge in [0.1, 0.15) is 5.60 Å². The molecule has 2 saturated heterocycles. The molecule has 1 N–H and O–H groups in total. The van der Waals surface area contributed by atoms with Crippen LogP contribution in [0.4, 0.5) is 0 Å². The Morgan fingerprint density at radius 3 is 2.70 bits per heavy atom. The molecule has 7 heteroatoms. The predicted molar refractivity (Wildman–Crippen MR) is 86.0 cm³/mol. The lowest BCUT2D eigenvalue weighted by molar-refractivity contribution is -0.162. The molecule has 2 aliphatic heterocycles. The second-order valence-electron chi connectivity index (χ2n) is 6.88. The van der Waals surface area contributed by atoms with Crippen LogP contribution in [0.25, 0.3) is 0 Å². The van der Waals surface area contributed by atoms with E-state index in [1.54, 1.807) is 7.05 Å². The maximum Gasteiger partial charge on any atom is 0.233 e. The minimum atomic E-state index is -0.532. The lowest BCUT2D eigenvalue weighted by atomic mass is 10.0. The van der Waals surface area contributed by atoms with Crippen LogP contribution in [0.15, 0.2) is 0 Å². The van der Waals surface area contributed by atoms with E-state index in [2.05, 4.69) is 5.32 Å². The van der Waals surface area contributed by atoms with E-state index in [4.69, 9.17) is 9.47 Å².